The molecule has 2 rings (SSSR count). The quantitative estimate of drug-likeness (QED) is 0.604. The summed E-state index contributed by atoms with van der Waals surface area (Å²) in [4.78, 5) is 27.3. The number of hydrogen-bond donors (Lipinski definition) is 2. The van der Waals surface area contributed by atoms with Crippen LogP contribution in [0.15, 0.2) is 48.7 Å². The predicted octanol–water partition coefficient (Wildman–Crippen LogP) is 2.30. The number of rotatable bonds is 7. The molecule has 0 saturated carbocycles. The highest BCUT2D eigenvalue weighted by atomic mass is 16.5. The monoisotopic (exact) mass is 327 g/mol. The molecule has 0 aliphatic carbocycles. The number of ether oxygens (including phenoxy) is 1. The molecule has 6 heteroatoms. The zero-order valence-electron chi connectivity index (χ0n) is 13.6. The lowest BCUT2D eigenvalue weighted by Gasteiger charge is -2.08. The number of methoxy groups -OCH3 is 1. The first kappa shape index (κ1) is 17.5. The summed E-state index contributed by atoms with van der Waals surface area (Å²) in [6.07, 6.45) is 3.30. The smallest absolute Gasteiger partial charge is 0.337 e. The largest absolute Gasteiger partial charge is 0.465 e. The molecule has 1 aromatic carbocycles. The SMILES string of the molecule is COC(=O)c1ccnc(CNC(=O)NCCCc2ccccc2)c1. The summed E-state index contributed by atoms with van der Waals surface area (Å²) in [6, 6.07) is 13.0. The van der Waals surface area contributed by atoms with E-state index in [1.807, 2.05) is 18.2 Å². The molecule has 126 valence electrons. The first-order valence-electron chi connectivity index (χ1n) is 7.78. The number of benzene rings is 1. The van der Waals surface area contributed by atoms with Crippen molar-refractivity contribution in [3.05, 3.63) is 65.5 Å². The number of esters is 1. The molecule has 0 spiro atoms. The highest BCUT2D eigenvalue weighted by Crippen LogP contribution is 2.03. The molecule has 2 N–H and O–H groups in total. The van der Waals surface area contributed by atoms with E-state index >= 15 is 0 Å². The van der Waals surface area contributed by atoms with Gasteiger partial charge in [0, 0.05) is 12.7 Å². The van der Waals surface area contributed by atoms with E-state index in [2.05, 4.69) is 32.5 Å². The van der Waals surface area contributed by atoms with Crippen molar-refractivity contribution in [1.82, 2.24) is 15.6 Å². The fourth-order valence-corrected chi connectivity index (χ4v) is 2.19. The van der Waals surface area contributed by atoms with Crippen LogP contribution in [0.2, 0.25) is 0 Å². The van der Waals surface area contributed by atoms with Gasteiger partial charge in [-0.15, -0.1) is 0 Å². The standard InChI is InChI=1S/C18H21N3O3/c1-24-17(22)15-9-11-19-16(12-15)13-21-18(23)20-10-5-8-14-6-3-2-4-7-14/h2-4,6-7,9,11-12H,5,8,10,13H2,1H3,(H2,20,21,23). The van der Waals surface area contributed by atoms with Crippen molar-refractivity contribution in [3.8, 4) is 0 Å². The molecule has 1 heterocycles. The normalized spacial score (nSPS) is 10.0. The lowest BCUT2D eigenvalue weighted by atomic mass is 10.1. The summed E-state index contributed by atoms with van der Waals surface area (Å²) >= 11 is 0. The number of amides is 2. The van der Waals surface area contributed by atoms with Crippen molar-refractivity contribution in [3.63, 3.8) is 0 Å². The van der Waals surface area contributed by atoms with Gasteiger partial charge in [-0.05, 0) is 30.5 Å². The van der Waals surface area contributed by atoms with Gasteiger partial charge in [-0.3, -0.25) is 4.98 Å². The number of carbonyl (C=O) groups is 2. The summed E-state index contributed by atoms with van der Waals surface area (Å²) in [7, 11) is 1.32. The number of carbonyl (C=O) groups excluding carboxylic acids is 2. The third-order valence-corrected chi connectivity index (χ3v) is 3.44. The van der Waals surface area contributed by atoms with Crippen molar-refractivity contribution in [2.75, 3.05) is 13.7 Å². The Labute approximate surface area is 141 Å². The van der Waals surface area contributed by atoms with E-state index in [0.717, 1.165) is 12.8 Å². The molecule has 0 atom stereocenters. The van der Waals surface area contributed by atoms with Crippen LogP contribution in [0.1, 0.15) is 28.0 Å². The molecule has 0 fully saturated rings. The minimum Gasteiger partial charge on any atom is -0.465 e. The Bertz CT molecular complexity index is 674. The van der Waals surface area contributed by atoms with Crippen LogP contribution in [0.5, 0.6) is 0 Å². The average Bonchev–Trinajstić information content (AvgIpc) is 2.64. The molecular formula is C18H21N3O3. The first-order chi connectivity index (χ1) is 11.7. The summed E-state index contributed by atoms with van der Waals surface area (Å²) in [5.74, 6) is -0.427. The van der Waals surface area contributed by atoms with E-state index < -0.39 is 5.97 Å². The Hall–Kier alpha value is -2.89. The molecule has 2 aromatic rings. The lowest BCUT2D eigenvalue weighted by molar-refractivity contribution is 0.0600. The molecule has 0 saturated heterocycles. The third-order valence-electron chi connectivity index (χ3n) is 3.44. The van der Waals surface area contributed by atoms with Gasteiger partial charge in [0.1, 0.15) is 0 Å². The van der Waals surface area contributed by atoms with Crippen molar-refractivity contribution in [2.45, 2.75) is 19.4 Å². The van der Waals surface area contributed by atoms with Crippen LogP contribution in [0.25, 0.3) is 0 Å². The van der Waals surface area contributed by atoms with Gasteiger partial charge in [0.15, 0.2) is 0 Å². The summed E-state index contributed by atoms with van der Waals surface area (Å²) < 4.78 is 4.65. The molecule has 2 amide bonds. The van der Waals surface area contributed by atoms with Gasteiger partial charge in [0.05, 0.1) is 24.9 Å². The molecule has 0 unspecified atom stereocenters. The van der Waals surface area contributed by atoms with Crippen LogP contribution >= 0.6 is 0 Å². The van der Waals surface area contributed by atoms with Gasteiger partial charge in [0.25, 0.3) is 0 Å². The fraction of sp³-hybridized carbons (Fsp3) is 0.278. The molecule has 0 bridgehead atoms. The minimum atomic E-state index is -0.427. The average molecular weight is 327 g/mol. The number of nitrogens with zero attached hydrogens (tertiary/aromatic N) is 1. The lowest BCUT2D eigenvalue weighted by Crippen LogP contribution is -2.35. The van der Waals surface area contributed by atoms with Gasteiger partial charge in [-0.25, -0.2) is 9.59 Å². The van der Waals surface area contributed by atoms with Crippen LogP contribution in [-0.4, -0.2) is 30.6 Å². The van der Waals surface area contributed by atoms with Gasteiger partial charge in [-0.1, -0.05) is 30.3 Å². The highest BCUT2D eigenvalue weighted by Gasteiger charge is 2.07. The number of pyridine rings is 1. The van der Waals surface area contributed by atoms with E-state index in [0.29, 0.717) is 17.8 Å². The Morgan fingerprint density at radius 3 is 2.67 bits per heavy atom. The number of hydrogen-bond acceptors (Lipinski definition) is 4. The number of nitrogens with one attached hydrogen (secondary N) is 2. The Morgan fingerprint density at radius 1 is 1.12 bits per heavy atom. The molecule has 0 aliphatic heterocycles. The topological polar surface area (TPSA) is 80.3 Å². The molecule has 24 heavy (non-hydrogen) atoms. The number of aromatic nitrogens is 1. The van der Waals surface area contributed by atoms with Crippen molar-refractivity contribution >= 4 is 12.0 Å². The summed E-state index contributed by atoms with van der Waals surface area (Å²) in [5, 5.41) is 5.52. The highest BCUT2D eigenvalue weighted by molar-refractivity contribution is 5.89. The molecule has 0 aliphatic rings. The van der Waals surface area contributed by atoms with Crippen LogP contribution < -0.4 is 10.6 Å². The van der Waals surface area contributed by atoms with E-state index in [1.54, 1.807) is 12.1 Å². The van der Waals surface area contributed by atoms with E-state index in [9.17, 15) is 9.59 Å². The van der Waals surface area contributed by atoms with Crippen LogP contribution in [0, 0.1) is 0 Å². The number of aryl methyl sites for hydroxylation is 1. The summed E-state index contributed by atoms with van der Waals surface area (Å²) in [5.41, 5.74) is 2.26. The van der Waals surface area contributed by atoms with Gasteiger partial charge in [-0.2, -0.15) is 0 Å². The maximum absolute atomic E-state index is 11.8. The Balaban J connectivity index is 1.68. The first-order valence-corrected chi connectivity index (χ1v) is 7.78. The van der Waals surface area contributed by atoms with E-state index in [-0.39, 0.29) is 12.6 Å². The van der Waals surface area contributed by atoms with Gasteiger partial charge < -0.3 is 15.4 Å². The maximum Gasteiger partial charge on any atom is 0.337 e. The molecular weight excluding hydrogens is 306 g/mol. The van der Waals surface area contributed by atoms with E-state index in [4.69, 9.17) is 0 Å². The van der Waals surface area contributed by atoms with Gasteiger partial charge in [0.2, 0.25) is 0 Å². The second-order valence-corrected chi connectivity index (χ2v) is 5.23. The maximum atomic E-state index is 11.8. The Kier molecular flexibility index (Phi) is 6.76. The van der Waals surface area contributed by atoms with Crippen molar-refractivity contribution in [2.24, 2.45) is 0 Å². The van der Waals surface area contributed by atoms with Crippen molar-refractivity contribution < 1.29 is 14.3 Å². The zero-order valence-corrected chi connectivity index (χ0v) is 13.6. The minimum absolute atomic E-state index is 0.245. The molecule has 6 nitrogen and oxygen atoms in total. The Morgan fingerprint density at radius 2 is 1.92 bits per heavy atom. The molecule has 1 aromatic heterocycles. The van der Waals surface area contributed by atoms with E-state index in [1.165, 1.54) is 18.9 Å². The number of urea groups is 1. The molecule has 0 radical (unpaired) electrons. The fourth-order valence-electron chi connectivity index (χ4n) is 2.19. The predicted molar refractivity (Wildman–Crippen MR) is 90.6 cm³/mol. The summed E-state index contributed by atoms with van der Waals surface area (Å²) in [6.45, 7) is 0.839. The second-order valence-electron chi connectivity index (χ2n) is 5.23. The van der Waals surface area contributed by atoms with Crippen LogP contribution in [0.3, 0.4) is 0 Å². The third kappa shape index (κ3) is 5.72. The van der Waals surface area contributed by atoms with Crippen LogP contribution in [0.4, 0.5) is 4.79 Å². The zero-order chi connectivity index (χ0) is 17.2. The van der Waals surface area contributed by atoms with Crippen molar-refractivity contribution in [1.29, 1.82) is 0 Å². The van der Waals surface area contributed by atoms with Crippen LogP contribution in [-0.2, 0) is 17.7 Å². The van der Waals surface area contributed by atoms with Gasteiger partial charge >= 0.3 is 12.0 Å². The second kappa shape index (κ2) is 9.29.